The van der Waals surface area contributed by atoms with E-state index in [1.54, 1.807) is 6.92 Å². The van der Waals surface area contributed by atoms with Gasteiger partial charge in [-0.05, 0) is 6.92 Å². The zero-order chi connectivity index (χ0) is 7.33. The van der Waals surface area contributed by atoms with E-state index < -0.39 is 5.97 Å². The Kier molecular flexibility index (Phi) is 3.67. The van der Waals surface area contributed by atoms with Crippen molar-refractivity contribution in [3.63, 3.8) is 0 Å². The van der Waals surface area contributed by atoms with Gasteiger partial charge in [0.1, 0.15) is 0 Å². The molecule has 0 rings (SSSR count). The molecule has 0 radical (unpaired) electrons. The highest BCUT2D eigenvalue weighted by atomic mass is 17.5. The van der Waals surface area contributed by atoms with E-state index in [9.17, 15) is 0 Å². The van der Waals surface area contributed by atoms with Crippen LogP contribution in [0.25, 0.3) is 0 Å². The number of rotatable bonds is 4. The lowest BCUT2D eigenvalue weighted by atomic mass is 10.7. The Morgan fingerprint density at radius 1 is 1.44 bits per heavy atom. The predicted octanol–water partition coefficient (Wildman–Crippen LogP) is -0.456. The topological polar surface area (TPSA) is 68.2 Å². The van der Waals surface area contributed by atoms with Crippen LogP contribution in [0.4, 0.5) is 0 Å². The zero-order valence-electron chi connectivity index (χ0n) is 5.33. The van der Waals surface area contributed by atoms with Crippen LogP contribution in [0.3, 0.4) is 0 Å². The summed E-state index contributed by atoms with van der Waals surface area (Å²) in [5, 5.41) is 20.6. The van der Waals surface area contributed by atoms with Gasteiger partial charge in [0.25, 0.3) is 0 Å². The van der Waals surface area contributed by atoms with Crippen molar-refractivity contribution >= 4 is 0 Å². The quantitative estimate of drug-likeness (QED) is 0.238. The van der Waals surface area contributed by atoms with Crippen molar-refractivity contribution in [2.24, 2.45) is 0 Å². The molecule has 0 aliphatic rings. The van der Waals surface area contributed by atoms with E-state index in [4.69, 9.17) is 10.2 Å². The SMILES string of the molecule is CCOOOC(C)(O)O. The summed E-state index contributed by atoms with van der Waals surface area (Å²) in [5.41, 5.74) is 0. The van der Waals surface area contributed by atoms with E-state index in [1.807, 2.05) is 0 Å². The van der Waals surface area contributed by atoms with Crippen LogP contribution < -0.4 is 0 Å². The van der Waals surface area contributed by atoms with Crippen molar-refractivity contribution in [3.8, 4) is 0 Å². The predicted molar refractivity (Wildman–Crippen MR) is 26.6 cm³/mol. The summed E-state index contributed by atoms with van der Waals surface area (Å²) in [6.07, 6.45) is 0. The van der Waals surface area contributed by atoms with Gasteiger partial charge in [-0.3, -0.25) is 0 Å². The zero-order valence-corrected chi connectivity index (χ0v) is 5.33. The molecule has 5 heteroatoms. The Hall–Kier alpha value is -0.200. The third kappa shape index (κ3) is 7.80. The fourth-order valence-corrected chi connectivity index (χ4v) is 0.137. The summed E-state index contributed by atoms with van der Waals surface area (Å²) >= 11 is 0. The number of hydrogen-bond donors (Lipinski definition) is 2. The standard InChI is InChI=1S/C4H10O5/c1-3-7-9-8-4(2,5)6/h5-6H,3H2,1-2H3. The molecule has 0 spiro atoms. The summed E-state index contributed by atoms with van der Waals surface area (Å²) in [5.74, 6) is -2.30. The number of aliphatic hydroxyl groups is 2. The maximum atomic E-state index is 8.37. The molecule has 5 nitrogen and oxygen atoms in total. The third-order valence-electron chi connectivity index (χ3n) is 0.358. The second kappa shape index (κ2) is 3.76. The van der Waals surface area contributed by atoms with Crippen LogP contribution in [0.15, 0.2) is 0 Å². The molecule has 0 amide bonds. The normalized spacial score (nSPS) is 12.0. The molecule has 0 aliphatic heterocycles. The minimum atomic E-state index is -2.30. The highest BCUT2D eigenvalue weighted by Gasteiger charge is 2.16. The van der Waals surface area contributed by atoms with Gasteiger partial charge in [-0.25, -0.2) is 4.89 Å². The van der Waals surface area contributed by atoms with Gasteiger partial charge in [-0.1, -0.05) is 5.04 Å². The maximum absolute atomic E-state index is 8.37. The number of hydrogen-bond acceptors (Lipinski definition) is 5. The fourth-order valence-electron chi connectivity index (χ4n) is 0.137. The third-order valence-corrected chi connectivity index (χ3v) is 0.358. The Bertz CT molecular complexity index is 65.8. The lowest BCUT2D eigenvalue weighted by Gasteiger charge is -2.12. The van der Waals surface area contributed by atoms with Gasteiger partial charge in [0.2, 0.25) is 0 Å². The van der Waals surface area contributed by atoms with Crippen LogP contribution in [0, 0.1) is 0 Å². The van der Waals surface area contributed by atoms with Crippen LogP contribution in [0.1, 0.15) is 13.8 Å². The van der Waals surface area contributed by atoms with Crippen LogP contribution in [0.2, 0.25) is 0 Å². The molecule has 0 atom stereocenters. The van der Waals surface area contributed by atoms with Crippen molar-refractivity contribution in [1.29, 1.82) is 0 Å². The Labute approximate surface area is 52.6 Å². The molecule has 2 N–H and O–H groups in total. The molecule has 0 fully saturated rings. The molecule has 0 bridgehead atoms. The van der Waals surface area contributed by atoms with Crippen molar-refractivity contribution in [2.45, 2.75) is 19.8 Å². The highest BCUT2D eigenvalue weighted by Crippen LogP contribution is 1.99. The van der Waals surface area contributed by atoms with Crippen LogP contribution in [-0.4, -0.2) is 22.8 Å². The first-order valence-corrected chi connectivity index (χ1v) is 2.48. The second-order valence-corrected chi connectivity index (χ2v) is 1.49. The van der Waals surface area contributed by atoms with Crippen molar-refractivity contribution in [1.82, 2.24) is 0 Å². The lowest BCUT2D eigenvalue weighted by molar-refractivity contribution is -0.597. The van der Waals surface area contributed by atoms with E-state index >= 15 is 0 Å². The monoisotopic (exact) mass is 138 g/mol. The van der Waals surface area contributed by atoms with Gasteiger partial charge >= 0.3 is 5.97 Å². The molecule has 0 aromatic carbocycles. The summed E-state index contributed by atoms with van der Waals surface area (Å²) in [7, 11) is 0. The molecule has 0 heterocycles. The minimum absolute atomic E-state index is 0.274. The molecule has 9 heavy (non-hydrogen) atoms. The largest absolute Gasteiger partial charge is 0.342 e. The molecule has 0 saturated carbocycles. The van der Waals surface area contributed by atoms with Crippen molar-refractivity contribution < 1.29 is 25.0 Å². The van der Waals surface area contributed by atoms with Gasteiger partial charge in [0.15, 0.2) is 0 Å². The van der Waals surface area contributed by atoms with Gasteiger partial charge in [0, 0.05) is 6.92 Å². The molecule has 0 aromatic rings. The maximum Gasteiger partial charge on any atom is 0.307 e. The first-order valence-electron chi connectivity index (χ1n) is 2.48. The Balaban J connectivity index is 3.07. The summed E-state index contributed by atoms with van der Waals surface area (Å²) < 4.78 is 0. The first kappa shape index (κ1) is 8.80. The van der Waals surface area contributed by atoms with E-state index in [0.29, 0.717) is 0 Å². The summed E-state index contributed by atoms with van der Waals surface area (Å²) in [4.78, 5) is 8.03. The van der Waals surface area contributed by atoms with Crippen molar-refractivity contribution in [2.75, 3.05) is 6.61 Å². The average molecular weight is 138 g/mol. The second-order valence-electron chi connectivity index (χ2n) is 1.49. The highest BCUT2D eigenvalue weighted by molar-refractivity contribution is 4.25. The van der Waals surface area contributed by atoms with Crippen molar-refractivity contribution in [3.05, 3.63) is 0 Å². The summed E-state index contributed by atoms with van der Waals surface area (Å²) in [6.45, 7) is 2.93. The molecular weight excluding hydrogens is 128 g/mol. The molecule has 0 saturated heterocycles. The Morgan fingerprint density at radius 2 is 2.00 bits per heavy atom. The van der Waals surface area contributed by atoms with E-state index in [1.165, 1.54) is 0 Å². The van der Waals surface area contributed by atoms with Crippen LogP contribution in [0.5, 0.6) is 0 Å². The van der Waals surface area contributed by atoms with E-state index in [-0.39, 0.29) is 6.61 Å². The molecule has 0 aromatic heterocycles. The summed E-state index contributed by atoms with van der Waals surface area (Å²) in [6, 6.07) is 0. The van der Waals surface area contributed by atoms with Gasteiger partial charge in [-0.15, -0.1) is 4.89 Å². The first-order chi connectivity index (χ1) is 4.06. The van der Waals surface area contributed by atoms with Gasteiger partial charge in [0.05, 0.1) is 6.61 Å². The molecule has 0 unspecified atom stereocenters. The molecular formula is C4H10O5. The van der Waals surface area contributed by atoms with Crippen LogP contribution >= 0.6 is 0 Å². The average Bonchev–Trinajstić information content (AvgIpc) is 1.63. The molecule has 0 aliphatic carbocycles. The van der Waals surface area contributed by atoms with E-state index in [2.05, 4.69) is 14.8 Å². The smallest absolute Gasteiger partial charge is 0.307 e. The van der Waals surface area contributed by atoms with Gasteiger partial charge in [-0.2, -0.15) is 0 Å². The van der Waals surface area contributed by atoms with Gasteiger partial charge < -0.3 is 10.2 Å². The lowest BCUT2D eigenvalue weighted by Crippen LogP contribution is -2.27. The van der Waals surface area contributed by atoms with Crippen LogP contribution in [-0.2, 0) is 14.8 Å². The Morgan fingerprint density at radius 3 is 2.33 bits per heavy atom. The fraction of sp³-hybridized carbons (Fsp3) is 1.00. The molecule has 56 valence electrons. The van der Waals surface area contributed by atoms with E-state index in [0.717, 1.165) is 6.92 Å². The minimum Gasteiger partial charge on any atom is -0.342 e.